The second kappa shape index (κ2) is 12.4. The second-order valence-electron chi connectivity index (χ2n) is 9.63. The maximum absolute atomic E-state index is 13.8. The molecular weight excluding hydrogens is 544 g/mol. The van der Waals surface area contributed by atoms with Gasteiger partial charge >= 0.3 is 11.9 Å². The fraction of sp³-hybridized carbons (Fsp3) is 0.226. The molecule has 4 rings (SSSR count). The first-order chi connectivity index (χ1) is 19.6. The summed E-state index contributed by atoms with van der Waals surface area (Å²) < 4.78 is 39.0. The number of benzene rings is 3. The van der Waals surface area contributed by atoms with Gasteiger partial charge in [0, 0.05) is 23.6 Å². The molecule has 3 aromatic carbocycles. The molecule has 10 heteroatoms. The molecule has 0 saturated carbocycles. The van der Waals surface area contributed by atoms with E-state index in [0.29, 0.717) is 26.5 Å². The van der Waals surface area contributed by atoms with Gasteiger partial charge in [-0.25, -0.2) is 8.42 Å². The van der Waals surface area contributed by atoms with E-state index in [0.717, 1.165) is 11.1 Å². The van der Waals surface area contributed by atoms with Gasteiger partial charge in [0.1, 0.15) is 18.2 Å². The van der Waals surface area contributed by atoms with Crippen molar-refractivity contribution >= 4 is 32.9 Å². The number of nitrogens with zero attached hydrogens (tertiary/aromatic N) is 1. The fourth-order valence-corrected chi connectivity index (χ4v) is 6.02. The van der Waals surface area contributed by atoms with Gasteiger partial charge in [0.2, 0.25) is 0 Å². The molecule has 0 spiro atoms. The average Bonchev–Trinajstić information content (AvgIpc) is 3.30. The zero-order valence-corrected chi connectivity index (χ0v) is 23.9. The van der Waals surface area contributed by atoms with Crippen molar-refractivity contribution < 1.29 is 32.3 Å². The van der Waals surface area contributed by atoms with Crippen LogP contribution in [0.4, 0.5) is 0 Å². The number of carbonyl (C=O) groups is 2. The van der Waals surface area contributed by atoms with Crippen LogP contribution in [0.2, 0.25) is 0 Å². The van der Waals surface area contributed by atoms with E-state index in [1.807, 2.05) is 30.3 Å². The van der Waals surface area contributed by atoms with E-state index in [1.54, 1.807) is 51.1 Å². The standard InChI is InChI=1S/C31H30N2O7S/c1-20(2)28(31(35)36)33(41(37,38)25-17-15-23(16-18-25)22-10-6-5-7-11-22)32-30(34)29-21(3)27-24(13-9-19-39-4)12-8-14-26(27)40-29/h5-8,10-12,14-18,20,28H,19H2,1-4H3,(H,32,34)(H,35,36). The molecule has 4 aromatic rings. The molecule has 9 nitrogen and oxygen atoms in total. The van der Waals surface area contributed by atoms with Crippen LogP contribution in [0, 0.1) is 24.7 Å². The van der Waals surface area contributed by atoms with Crippen LogP contribution < -0.4 is 5.43 Å². The Kier molecular flexibility index (Phi) is 8.93. The summed E-state index contributed by atoms with van der Waals surface area (Å²) in [6.07, 6.45) is 0. The van der Waals surface area contributed by atoms with E-state index in [-0.39, 0.29) is 17.3 Å². The van der Waals surface area contributed by atoms with Gasteiger partial charge < -0.3 is 14.3 Å². The number of ether oxygens (including phenoxy) is 1. The molecule has 1 heterocycles. The third-order valence-corrected chi connectivity index (χ3v) is 8.17. The molecule has 0 aliphatic rings. The van der Waals surface area contributed by atoms with Crippen LogP contribution >= 0.6 is 0 Å². The summed E-state index contributed by atoms with van der Waals surface area (Å²) in [6.45, 7) is 4.98. The number of hydrazine groups is 1. The minimum atomic E-state index is -4.52. The number of sulfonamides is 1. The molecule has 2 N–H and O–H groups in total. The highest BCUT2D eigenvalue weighted by atomic mass is 32.2. The average molecular weight is 575 g/mol. The highest BCUT2D eigenvalue weighted by molar-refractivity contribution is 7.89. The van der Waals surface area contributed by atoms with Crippen LogP contribution in [0.25, 0.3) is 22.1 Å². The summed E-state index contributed by atoms with van der Waals surface area (Å²) >= 11 is 0. The lowest BCUT2D eigenvalue weighted by Gasteiger charge is -2.30. The SMILES string of the molecule is COCC#Cc1cccc2oc(C(=O)NN(C(C(=O)O)C(C)C)S(=O)(=O)c3ccc(-c4ccccc4)cc3)c(C)c12. The van der Waals surface area contributed by atoms with Crippen molar-refractivity contribution in [1.29, 1.82) is 0 Å². The number of amides is 1. The van der Waals surface area contributed by atoms with E-state index >= 15 is 0 Å². The van der Waals surface area contributed by atoms with Gasteiger partial charge in [-0.1, -0.05) is 78.6 Å². The van der Waals surface area contributed by atoms with Gasteiger partial charge in [-0.3, -0.25) is 15.0 Å². The number of carboxylic acid groups (broad SMARTS) is 1. The zero-order chi connectivity index (χ0) is 29.7. The molecule has 1 unspecified atom stereocenters. The molecule has 0 aliphatic carbocycles. The highest BCUT2D eigenvalue weighted by Crippen LogP contribution is 2.29. The maximum atomic E-state index is 13.8. The van der Waals surface area contributed by atoms with Crippen molar-refractivity contribution in [3.63, 3.8) is 0 Å². The number of aryl methyl sites for hydroxylation is 1. The summed E-state index contributed by atoms with van der Waals surface area (Å²) in [4.78, 5) is 25.6. The molecule has 1 atom stereocenters. The number of aliphatic carboxylic acids is 1. The van der Waals surface area contributed by atoms with Gasteiger partial charge in [-0.15, -0.1) is 0 Å². The predicted molar refractivity (Wildman–Crippen MR) is 154 cm³/mol. The van der Waals surface area contributed by atoms with Crippen molar-refractivity contribution in [2.24, 2.45) is 5.92 Å². The van der Waals surface area contributed by atoms with Crippen molar-refractivity contribution in [3.05, 3.63) is 89.7 Å². The van der Waals surface area contributed by atoms with E-state index in [9.17, 15) is 23.1 Å². The van der Waals surface area contributed by atoms with Gasteiger partial charge in [-0.2, -0.15) is 0 Å². The number of methoxy groups -OCH3 is 1. The van der Waals surface area contributed by atoms with Crippen LogP contribution in [0.15, 0.2) is 82.1 Å². The Balaban J connectivity index is 1.74. The Morgan fingerprint density at radius 2 is 1.66 bits per heavy atom. The molecule has 0 aliphatic heterocycles. The van der Waals surface area contributed by atoms with Crippen LogP contribution in [-0.2, 0) is 19.6 Å². The first kappa shape index (κ1) is 29.6. The molecule has 1 amide bonds. The monoisotopic (exact) mass is 574 g/mol. The number of rotatable bonds is 9. The van der Waals surface area contributed by atoms with Crippen LogP contribution in [0.5, 0.6) is 0 Å². The molecule has 0 saturated heterocycles. The normalized spacial score (nSPS) is 12.2. The van der Waals surface area contributed by atoms with E-state index < -0.39 is 33.9 Å². The number of nitrogens with one attached hydrogen (secondary N) is 1. The van der Waals surface area contributed by atoms with Crippen LogP contribution in [0.3, 0.4) is 0 Å². The molecule has 0 bridgehead atoms. The van der Waals surface area contributed by atoms with Crippen molar-refractivity contribution in [2.45, 2.75) is 31.7 Å². The van der Waals surface area contributed by atoms with Crippen molar-refractivity contribution in [3.8, 4) is 23.0 Å². The number of hydrogen-bond donors (Lipinski definition) is 2. The molecule has 212 valence electrons. The summed E-state index contributed by atoms with van der Waals surface area (Å²) in [5.41, 5.74) is 5.41. The van der Waals surface area contributed by atoms with Gasteiger partial charge in [0.15, 0.2) is 5.76 Å². The number of carbonyl (C=O) groups excluding carboxylic acids is 1. The second-order valence-corrected chi connectivity index (χ2v) is 11.4. The van der Waals surface area contributed by atoms with E-state index in [1.165, 1.54) is 19.2 Å². The Bertz CT molecular complexity index is 1730. The van der Waals surface area contributed by atoms with Gasteiger partial charge in [-0.05, 0) is 48.2 Å². The third kappa shape index (κ3) is 6.18. The largest absolute Gasteiger partial charge is 0.480 e. The summed E-state index contributed by atoms with van der Waals surface area (Å²) in [5, 5.41) is 10.6. The number of hydrogen-bond acceptors (Lipinski definition) is 6. The zero-order valence-electron chi connectivity index (χ0n) is 23.0. The molecule has 0 fully saturated rings. The van der Waals surface area contributed by atoms with E-state index in [2.05, 4.69) is 17.3 Å². The predicted octanol–water partition coefficient (Wildman–Crippen LogP) is 4.85. The molecule has 41 heavy (non-hydrogen) atoms. The smallest absolute Gasteiger partial charge is 0.324 e. The summed E-state index contributed by atoms with van der Waals surface area (Å²) in [5.74, 6) is 2.67. The first-order valence-corrected chi connectivity index (χ1v) is 14.2. The van der Waals surface area contributed by atoms with Crippen molar-refractivity contribution in [2.75, 3.05) is 13.7 Å². The Labute approximate surface area is 238 Å². The molecule has 0 radical (unpaired) electrons. The Morgan fingerprint density at radius 3 is 2.27 bits per heavy atom. The lowest BCUT2D eigenvalue weighted by atomic mass is 10.1. The number of carboxylic acids is 1. The Hall–Kier alpha value is -4.43. The summed E-state index contributed by atoms with van der Waals surface area (Å²) in [7, 11) is -2.99. The minimum Gasteiger partial charge on any atom is -0.480 e. The Morgan fingerprint density at radius 1 is 1.00 bits per heavy atom. The lowest BCUT2D eigenvalue weighted by molar-refractivity contribution is -0.143. The van der Waals surface area contributed by atoms with Gasteiger partial charge in [0.05, 0.1) is 4.90 Å². The van der Waals surface area contributed by atoms with E-state index in [4.69, 9.17) is 9.15 Å². The highest BCUT2D eigenvalue weighted by Gasteiger charge is 2.40. The topological polar surface area (TPSA) is 126 Å². The quantitative estimate of drug-likeness (QED) is 0.216. The first-order valence-electron chi connectivity index (χ1n) is 12.8. The number of fused-ring (bicyclic) bond motifs is 1. The summed E-state index contributed by atoms with van der Waals surface area (Å²) in [6, 6.07) is 19.0. The molecular formula is C31H30N2O7S. The van der Waals surface area contributed by atoms with Crippen LogP contribution in [0.1, 0.15) is 35.5 Å². The molecule has 1 aromatic heterocycles. The third-order valence-electron chi connectivity index (χ3n) is 6.47. The van der Waals surface area contributed by atoms with Crippen LogP contribution in [-0.4, -0.2) is 49.6 Å². The number of furan rings is 1. The maximum Gasteiger partial charge on any atom is 0.324 e. The fourth-order valence-electron chi connectivity index (χ4n) is 4.48. The minimum absolute atomic E-state index is 0.159. The lowest BCUT2D eigenvalue weighted by Crippen LogP contribution is -2.56. The van der Waals surface area contributed by atoms with Crippen molar-refractivity contribution in [1.82, 2.24) is 9.84 Å². The van der Waals surface area contributed by atoms with Gasteiger partial charge in [0.25, 0.3) is 10.0 Å².